The Balaban J connectivity index is 2.36. The Morgan fingerprint density at radius 1 is 1.46 bits per heavy atom. The van der Waals surface area contributed by atoms with E-state index in [-0.39, 0.29) is 0 Å². The Morgan fingerprint density at radius 3 is 3.23 bits per heavy atom. The fraction of sp³-hybridized carbons (Fsp3) is 0.200. The molecule has 1 aliphatic heterocycles. The topological polar surface area (TPSA) is 38.7 Å². The van der Waals surface area contributed by atoms with E-state index in [0.29, 0.717) is 12.2 Å². The zero-order valence-corrected chi connectivity index (χ0v) is 7.06. The number of hydrogen-bond acceptors (Lipinski definition) is 3. The highest BCUT2D eigenvalue weighted by Crippen LogP contribution is 2.19. The first-order valence-electron chi connectivity index (χ1n) is 4.13. The summed E-state index contributed by atoms with van der Waals surface area (Å²) in [5, 5.41) is 0. The molecule has 0 unspecified atom stereocenters. The van der Waals surface area contributed by atoms with Crippen molar-refractivity contribution in [3.63, 3.8) is 0 Å². The SMILES string of the molecule is O=COc1ccc2c(c1)CCN=C2. The maximum atomic E-state index is 10.1. The average Bonchev–Trinajstić information content (AvgIpc) is 2.18. The highest BCUT2D eigenvalue weighted by atomic mass is 16.5. The van der Waals surface area contributed by atoms with Crippen molar-refractivity contribution >= 4 is 12.7 Å². The van der Waals surface area contributed by atoms with Gasteiger partial charge in [-0.15, -0.1) is 0 Å². The second-order valence-electron chi connectivity index (χ2n) is 2.86. The smallest absolute Gasteiger partial charge is 0.298 e. The standard InChI is InChI=1S/C10H9NO2/c12-7-13-10-2-1-9-6-11-4-3-8(9)5-10/h1-2,5-7H,3-4H2. The van der Waals surface area contributed by atoms with E-state index in [2.05, 4.69) is 4.99 Å². The summed E-state index contributed by atoms with van der Waals surface area (Å²) in [7, 11) is 0. The molecule has 2 rings (SSSR count). The molecule has 1 aliphatic rings. The normalized spacial score (nSPS) is 13.5. The van der Waals surface area contributed by atoms with Crippen molar-refractivity contribution < 1.29 is 9.53 Å². The van der Waals surface area contributed by atoms with Crippen molar-refractivity contribution in [3.8, 4) is 5.75 Å². The van der Waals surface area contributed by atoms with Gasteiger partial charge in [0, 0.05) is 12.8 Å². The number of benzene rings is 1. The highest BCUT2D eigenvalue weighted by molar-refractivity contribution is 5.83. The summed E-state index contributed by atoms with van der Waals surface area (Å²) in [6.45, 7) is 1.26. The van der Waals surface area contributed by atoms with Crippen molar-refractivity contribution in [2.24, 2.45) is 4.99 Å². The first kappa shape index (κ1) is 7.98. The Bertz CT molecular complexity index is 358. The minimum absolute atomic E-state index is 0.443. The van der Waals surface area contributed by atoms with E-state index in [4.69, 9.17) is 4.74 Å². The molecule has 3 nitrogen and oxygen atoms in total. The average molecular weight is 175 g/mol. The number of carbonyl (C=O) groups excluding carboxylic acids is 1. The van der Waals surface area contributed by atoms with Crippen LogP contribution in [0.15, 0.2) is 23.2 Å². The van der Waals surface area contributed by atoms with E-state index >= 15 is 0 Å². The lowest BCUT2D eigenvalue weighted by atomic mass is 10.0. The van der Waals surface area contributed by atoms with Crippen molar-refractivity contribution in [3.05, 3.63) is 29.3 Å². The van der Waals surface area contributed by atoms with Gasteiger partial charge >= 0.3 is 0 Å². The Labute approximate surface area is 76.1 Å². The number of aliphatic imine (C=N–C) groups is 1. The molecule has 0 radical (unpaired) electrons. The van der Waals surface area contributed by atoms with Crippen LogP contribution in [0.3, 0.4) is 0 Å². The molecule has 66 valence electrons. The summed E-state index contributed by atoms with van der Waals surface area (Å²) in [5.41, 5.74) is 2.30. The van der Waals surface area contributed by atoms with Gasteiger partial charge in [0.2, 0.25) is 0 Å². The molecule has 0 N–H and O–H groups in total. The quantitative estimate of drug-likeness (QED) is 0.633. The molecule has 0 aliphatic carbocycles. The molecule has 0 saturated heterocycles. The van der Waals surface area contributed by atoms with E-state index in [9.17, 15) is 4.79 Å². The van der Waals surface area contributed by atoms with E-state index < -0.39 is 0 Å². The lowest BCUT2D eigenvalue weighted by Gasteiger charge is -2.10. The summed E-state index contributed by atoms with van der Waals surface area (Å²) in [4.78, 5) is 14.3. The van der Waals surface area contributed by atoms with Crippen LogP contribution in [-0.2, 0) is 11.2 Å². The van der Waals surface area contributed by atoms with Gasteiger partial charge in [0.25, 0.3) is 6.47 Å². The molecular weight excluding hydrogens is 166 g/mol. The first-order valence-corrected chi connectivity index (χ1v) is 4.13. The molecule has 0 bridgehead atoms. The predicted octanol–water partition coefficient (Wildman–Crippen LogP) is 1.20. The lowest BCUT2D eigenvalue weighted by Crippen LogP contribution is -2.03. The van der Waals surface area contributed by atoms with Crippen molar-refractivity contribution in [2.45, 2.75) is 6.42 Å². The Morgan fingerprint density at radius 2 is 2.38 bits per heavy atom. The van der Waals surface area contributed by atoms with Crippen LogP contribution < -0.4 is 4.74 Å². The molecule has 0 fully saturated rings. The van der Waals surface area contributed by atoms with Crippen LogP contribution in [0.2, 0.25) is 0 Å². The minimum Gasteiger partial charge on any atom is -0.429 e. The van der Waals surface area contributed by atoms with Crippen LogP contribution in [0.5, 0.6) is 5.75 Å². The third-order valence-electron chi connectivity index (χ3n) is 2.04. The molecule has 13 heavy (non-hydrogen) atoms. The van der Waals surface area contributed by atoms with Gasteiger partial charge in [-0.3, -0.25) is 9.79 Å². The van der Waals surface area contributed by atoms with Gasteiger partial charge in [-0.1, -0.05) is 0 Å². The number of fused-ring (bicyclic) bond motifs is 1. The summed E-state index contributed by atoms with van der Waals surface area (Å²) in [6, 6.07) is 5.57. The molecule has 3 heteroatoms. The fourth-order valence-corrected chi connectivity index (χ4v) is 1.40. The molecule has 1 aromatic carbocycles. The van der Waals surface area contributed by atoms with Crippen molar-refractivity contribution in [1.82, 2.24) is 0 Å². The van der Waals surface area contributed by atoms with Gasteiger partial charge < -0.3 is 4.74 Å². The predicted molar refractivity (Wildman–Crippen MR) is 49.3 cm³/mol. The van der Waals surface area contributed by atoms with Crippen LogP contribution in [0, 0.1) is 0 Å². The van der Waals surface area contributed by atoms with E-state index in [1.807, 2.05) is 18.3 Å². The Hall–Kier alpha value is -1.64. The molecular formula is C10H9NO2. The van der Waals surface area contributed by atoms with Gasteiger partial charge in [-0.05, 0) is 35.7 Å². The fourth-order valence-electron chi connectivity index (χ4n) is 1.40. The van der Waals surface area contributed by atoms with Gasteiger partial charge in [0.1, 0.15) is 5.75 Å². The largest absolute Gasteiger partial charge is 0.429 e. The second kappa shape index (κ2) is 3.39. The summed E-state index contributed by atoms with van der Waals surface area (Å²) in [5.74, 6) is 0.601. The van der Waals surface area contributed by atoms with Crippen LogP contribution in [0.4, 0.5) is 0 Å². The van der Waals surface area contributed by atoms with E-state index in [1.54, 1.807) is 6.07 Å². The van der Waals surface area contributed by atoms with E-state index in [1.165, 1.54) is 5.56 Å². The maximum absolute atomic E-state index is 10.1. The van der Waals surface area contributed by atoms with Gasteiger partial charge in [-0.25, -0.2) is 0 Å². The molecule has 1 aromatic rings. The number of nitrogens with zero attached hydrogens (tertiary/aromatic N) is 1. The third-order valence-corrected chi connectivity index (χ3v) is 2.04. The van der Waals surface area contributed by atoms with E-state index in [0.717, 1.165) is 18.5 Å². The maximum Gasteiger partial charge on any atom is 0.298 e. The zero-order valence-electron chi connectivity index (χ0n) is 7.06. The molecule has 1 heterocycles. The highest BCUT2D eigenvalue weighted by Gasteiger charge is 2.05. The molecule has 0 atom stereocenters. The van der Waals surface area contributed by atoms with Crippen LogP contribution >= 0.6 is 0 Å². The number of hydrogen-bond donors (Lipinski definition) is 0. The summed E-state index contributed by atoms with van der Waals surface area (Å²) >= 11 is 0. The molecule has 0 amide bonds. The Kier molecular flexibility index (Phi) is 2.08. The molecule has 0 saturated carbocycles. The third kappa shape index (κ3) is 1.59. The van der Waals surface area contributed by atoms with Crippen molar-refractivity contribution in [2.75, 3.05) is 6.54 Å². The minimum atomic E-state index is 0.443. The first-order chi connectivity index (χ1) is 6.40. The van der Waals surface area contributed by atoms with Crippen LogP contribution in [0.25, 0.3) is 0 Å². The lowest BCUT2D eigenvalue weighted by molar-refractivity contribution is -0.120. The second-order valence-corrected chi connectivity index (χ2v) is 2.86. The van der Waals surface area contributed by atoms with Gasteiger partial charge in [-0.2, -0.15) is 0 Å². The summed E-state index contributed by atoms with van der Waals surface area (Å²) in [6.07, 6.45) is 2.77. The van der Waals surface area contributed by atoms with Crippen LogP contribution in [-0.4, -0.2) is 19.2 Å². The zero-order chi connectivity index (χ0) is 9.10. The number of rotatable bonds is 2. The van der Waals surface area contributed by atoms with Gasteiger partial charge in [0.15, 0.2) is 0 Å². The molecule has 0 spiro atoms. The van der Waals surface area contributed by atoms with Crippen molar-refractivity contribution in [1.29, 1.82) is 0 Å². The number of ether oxygens (including phenoxy) is 1. The van der Waals surface area contributed by atoms with Crippen LogP contribution in [0.1, 0.15) is 11.1 Å². The summed E-state index contributed by atoms with van der Waals surface area (Å²) < 4.78 is 4.75. The number of carbonyl (C=O) groups is 1. The molecule has 0 aromatic heterocycles. The monoisotopic (exact) mass is 175 g/mol. The van der Waals surface area contributed by atoms with Gasteiger partial charge in [0.05, 0.1) is 0 Å².